The average Bonchev–Trinajstić information content (AvgIpc) is 3.00. The summed E-state index contributed by atoms with van der Waals surface area (Å²) in [4.78, 5) is 12.7. The zero-order chi connectivity index (χ0) is 17.5. The zero-order valence-corrected chi connectivity index (χ0v) is 15.0. The van der Waals surface area contributed by atoms with Crippen LogP contribution in [0.4, 0.5) is 0 Å². The van der Waals surface area contributed by atoms with Gasteiger partial charge in [-0.1, -0.05) is 13.8 Å². The Bertz CT molecular complexity index is 809. The number of methoxy groups -OCH3 is 1. The summed E-state index contributed by atoms with van der Waals surface area (Å²) < 4.78 is 10.9. The predicted molar refractivity (Wildman–Crippen MR) is 92.2 cm³/mol. The molecule has 1 heterocycles. The van der Waals surface area contributed by atoms with Gasteiger partial charge in [-0.25, -0.2) is 5.10 Å². The lowest BCUT2D eigenvalue weighted by Gasteiger charge is -2.59. The molecule has 2 N–H and O–H groups in total. The molecule has 0 radical (unpaired) electrons. The van der Waals surface area contributed by atoms with E-state index in [2.05, 4.69) is 36.3 Å². The van der Waals surface area contributed by atoms with Crippen LogP contribution in [0.5, 0.6) is 0 Å². The Kier molecular flexibility index (Phi) is 4.09. The first-order valence-electron chi connectivity index (χ1n) is 7.79. The van der Waals surface area contributed by atoms with E-state index in [1.54, 1.807) is 31.4 Å². The smallest absolute Gasteiger partial charge is 0.284 e. The number of benzene rings is 1. The third-order valence-corrected chi connectivity index (χ3v) is 5.59. The van der Waals surface area contributed by atoms with Gasteiger partial charge in [0.1, 0.15) is 0 Å². The van der Waals surface area contributed by atoms with Crippen molar-refractivity contribution in [1.82, 2.24) is 15.5 Å². The van der Waals surface area contributed by atoms with Gasteiger partial charge in [-0.2, -0.15) is 0 Å². The second-order valence-corrected chi connectivity index (χ2v) is 7.25. The van der Waals surface area contributed by atoms with Crippen molar-refractivity contribution < 1.29 is 13.9 Å². The monoisotopic (exact) mass is 347 g/mol. The van der Waals surface area contributed by atoms with Gasteiger partial charge in [0.15, 0.2) is 0 Å². The Morgan fingerprint density at radius 1 is 1.38 bits per heavy atom. The number of nitrogens with zero attached hydrogens (tertiary/aromatic N) is 1. The highest BCUT2D eigenvalue weighted by Gasteiger charge is 2.58. The molecule has 2 aromatic rings. The van der Waals surface area contributed by atoms with E-state index in [4.69, 9.17) is 21.4 Å². The number of aromatic nitrogens is 2. The number of hydrogen-bond acceptors (Lipinski definition) is 5. The number of nitrogens with one attached hydrogen (secondary N) is 2. The summed E-state index contributed by atoms with van der Waals surface area (Å²) >= 11 is 4.86. The van der Waals surface area contributed by atoms with E-state index in [0.29, 0.717) is 11.5 Å². The minimum absolute atomic E-state index is 0.0822. The second-order valence-electron chi connectivity index (χ2n) is 6.88. The molecule has 1 amide bonds. The number of carbonyl (C=O) groups is 1. The Morgan fingerprint density at radius 3 is 2.54 bits per heavy atom. The number of H-pyrrole nitrogens is 1. The van der Waals surface area contributed by atoms with Crippen LogP contribution in [0.2, 0.25) is 0 Å². The molecule has 6 nitrogen and oxygen atoms in total. The summed E-state index contributed by atoms with van der Waals surface area (Å²) in [5.74, 6) is 0.309. The molecular weight excluding hydrogens is 326 g/mol. The first-order valence-corrected chi connectivity index (χ1v) is 8.19. The predicted octanol–water partition coefficient (Wildman–Crippen LogP) is 3.33. The number of ether oxygens (including phenoxy) is 1. The van der Waals surface area contributed by atoms with Crippen molar-refractivity contribution in [3.05, 3.63) is 34.7 Å². The largest absolute Gasteiger partial charge is 0.409 e. The Morgan fingerprint density at radius 2 is 2.04 bits per heavy atom. The van der Waals surface area contributed by atoms with Crippen LogP contribution in [0.3, 0.4) is 0 Å². The van der Waals surface area contributed by atoms with Gasteiger partial charge < -0.3 is 14.5 Å². The van der Waals surface area contributed by atoms with Crippen LogP contribution in [-0.4, -0.2) is 34.9 Å². The van der Waals surface area contributed by atoms with Gasteiger partial charge in [0.05, 0.1) is 5.60 Å². The maximum absolute atomic E-state index is 12.5. The van der Waals surface area contributed by atoms with Gasteiger partial charge >= 0.3 is 0 Å². The molecule has 0 aliphatic heterocycles. The fourth-order valence-corrected chi connectivity index (χ4v) is 3.21. The standard InChI is InChI=1S/C17H21N3O3S/c1-16(2)12(9-17(16,3)22-4)18-13(21)10-5-7-11(8-6-10)14-19-20-15(24)23-14/h5-8,12H,9H2,1-4H3,(H,18,21)(H,20,24)/t12-,17-/m0/s1. The lowest BCUT2D eigenvalue weighted by Crippen LogP contribution is -2.68. The molecule has 24 heavy (non-hydrogen) atoms. The first kappa shape index (κ1) is 16.9. The fourth-order valence-electron chi connectivity index (χ4n) is 3.08. The zero-order valence-electron chi connectivity index (χ0n) is 14.2. The van der Waals surface area contributed by atoms with Crippen LogP contribution in [-0.2, 0) is 4.74 Å². The van der Waals surface area contributed by atoms with Crippen LogP contribution in [0, 0.1) is 10.3 Å². The lowest BCUT2D eigenvalue weighted by atomic mass is 9.56. The van der Waals surface area contributed by atoms with Crippen LogP contribution < -0.4 is 5.32 Å². The fraction of sp³-hybridized carbons (Fsp3) is 0.471. The van der Waals surface area contributed by atoms with Crippen molar-refractivity contribution >= 4 is 18.1 Å². The average molecular weight is 347 g/mol. The summed E-state index contributed by atoms with van der Waals surface area (Å²) in [6, 6.07) is 7.15. The van der Waals surface area contributed by atoms with Gasteiger partial charge in [-0.05, 0) is 49.8 Å². The van der Waals surface area contributed by atoms with Crippen LogP contribution in [0.15, 0.2) is 28.7 Å². The third-order valence-electron chi connectivity index (χ3n) is 5.42. The summed E-state index contributed by atoms with van der Waals surface area (Å²) in [6.45, 7) is 6.30. The minimum Gasteiger partial charge on any atom is -0.409 e. The first-order chi connectivity index (χ1) is 11.3. The van der Waals surface area contributed by atoms with Crippen molar-refractivity contribution in [3.63, 3.8) is 0 Å². The number of amides is 1. The van der Waals surface area contributed by atoms with E-state index < -0.39 is 0 Å². The molecule has 1 fully saturated rings. The quantitative estimate of drug-likeness (QED) is 0.829. The van der Waals surface area contributed by atoms with E-state index in [0.717, 1.165) is 12.0 Å². The van der Waals surface area contributed by atoms with Gasteiger partial charge in [-0.15, -0.1) is 5.10 Å². The molecule has 2 atom stereocenters. The number of hydrogen-bond donors (Lipinski definition) is 2. The molecule has 0 spiro atoms. The molecule has 1 aromatic carbocycles. The van der Waals surface area contributed by atoms with Gasteiger partial charge in [0.2, 0.25) is 5.89 Å². The molecule has 7 heteroatoms. The highest BCUT2D eigenvalue weighted by atomic mass is 32.1. The van der Waals surface area contributed by atoms with E-state index in [1.165, 1.54) is 0 Å². The summed E-state index contributed by atoms with van der Waals surface area (Å²) in [6.07, 6.45) is 0.800. The van der Waals surface area contributed by atoms with Crippen LogP contribution in [0.25, 0.3) is 11.5 Å². The topological polar surface area (TPSA) is 80.1 Å². The number of rotatable bonds is 4. The molecule has 1 aromatic heterocycles. The van der Waals surface area contributed by atoms with Crippen molar-refractivity contribution in [2.75, 3.05) is 7.11 Å². The molecule has 1 saturated carbocycles. The highest BCUT2D eigenvalue weighted by molar-refractivity contribution is 7.71. The maximum Gasteiger partial charge on any atom is 0.284 e. The van der Waals surface area contributed by atoms with Crippen molar-refractivity contribution in [2.45, 2.75) is 38.8 Å². The summed E-state index contributed by atoms with van der Waals surface area (Å²) in [7, 11) is 1.72. The van der Waals surface area contributed by atoms with Gasteiger partial charge in [0, 0.05) is 29.7 Å². The molecular formula is C17H21N3O3S. The lowest BCUT2D eigenvalue weighted by molar-refractivity contribution is -0.177. The molecule has 3 rings (SSSR count). The van der Waals surface area contributed by atoms with E-state index in [9.17, 15) is 4.79 Å². The highest BCUT2D eigenvalue weighted by Crippen LogP contribution is 2.51. The Balaban J connectivity index is 1.69. The van der Waals surface area contributed by atoms with E-state index in [-0.39, 0.29) is 27.8 Å². The molecule has 0 saturated heterocycles. The SMILES string of the molecule is CO[C@@]1(C)C[C@H](NC(=O)c2ccc(-c3n[nH]c(=S)o3)cc2)C1(C)C. The number of aromatic amines is 1. The normalized spacial score (nSPS) is 25.1. The summed E-state index contributed by atoms with van der Waals surface area (Å²) in [5, 5.41) is 9.64. The van der Waals surface area contributed by atoms with Crippen molar-refractivity contribution in [2.24, 2.45) is 5.41 Å². The molecule has 0 bridgehead atoms. The Labute approximate surface area is 145 Å². The molecule has 128 valence electrons. The second kappa shape index (κ2) is 5.82. The number of carbonyl (C=O) groups excluding carboxylic acids is 1. The van der Waals surface area contributed by atoms with E-state index >= 15 is 0 Å². The van der Waals surface area contributed by atoms with Gasteiger partial charge in [0.25, 0.3) is 10.7 Å². The minimum atomic E-state index is -0.210. The molecule has 1 aliphatic rings. The molecule has 1 aliphatic carbocycles. The summed E-state index contributed by atoms with van der Waals surface area (Å²) in [5.41, 5.74) is 1.02. The van der Waals surface area contributed by atoms with E-state index in [1.807, 2.05) is 0 Å². The van der Waals surface area contributed by atoms with Crippen molar-refractivity contribution in [1.29, 1.82) is 0 Å². The third kappa shape index (κ3) is 2.67. The van der Waals surface area contributed by atoms with Crippen LogP contribution >= 0.6 is 12.2 Å². The molecule has 0 unspecified atom stereocenters. The van der Waals surface area contributed by atoms with Gasteiger partial charge in [-0.3, -0.25) is 4.79 Å². The van der Waals surface area contributed by atoms with Crippen LogP contribution in [0.1, 0.15) is 37.6 Å². The maximum atomic E-state index is 12.5. The van der Waals surface area contributed by atoms with Crippen molar-refractivity contribution in [3.8, 4) is 11.5 Å². The Hall–Kier alpha value is -1.99.